The fourth-order valence-corrected chi connectivity index (χ4v) is 3.04. The van der Waals surface area contributed by atoms with Gasteiger partial charge in [0.05, 0.1) is 5.52 Å². The van der Waals surface area contributed by atoms with E-state index in [4.69, 9.17) is 9.15 Å². The van der Waals surface area contributed by atoms with Crippen molar-refractivity contribution >= 4 is 17.0 Å². The molecule has 1 amide bonds. The van der Waals surface area contributed by atoms with E-state index in [1.54, 1.807) is 49.5 Å². The molecule has 0 fully saturated rings. The van der Waals surface area contributed by atoms with Crippen LogP contribution in [0.15, 0.2) is 76.1 Å². The molecule has 2 aromatic heterocycles. The predicted molar refractivity (Wildman–Crippen MR) is 108 cm³/mol. The Morgan fingerprint density at radius 2 is 1.97 bits per heavy atom. The number of benzene rings is 2. The Morgan fingerprint density at radius 1 is 1.20 bits per heavy atom. The molecule has 0 radical (unpaired) electrons. The third-order valence-electron chi connectivity index (χ3n) is 4.59. The number of aromatic nitrogens is 2. The summed E-state index contributed by atoms with van der Waals surface area (Å²) in [5, 5.41) is 2.80. The molecular formula is C22H18FN3O4. The molecule has 1 atom stereocenters. The normalized spacial score (nSPS) is 11.9. The van der Waals surface area contributed by atoms with Crippen molar-refractivity contribution in [2.45, 2.75) is 19.5 Å². The molecule has 0 saturated heterocycles. The maximum atomic E-state index is 13.0. The summed E-state index contributed by atoms with van der Waals surface area (Å²) in [6.07, 6.45) is 1.55. The number of hydrogen-bond acceptors (Lipinski definition) is 5. The minimum atomic E-state index is -0.752. The molecule has 4 rings (SSSR count). The number of hydrogen-bond donors (Lipinski definition) is 1. The molecule has 2 aromatic carbocycles. The first-order valence-corrected chi connectivity index (χ1v) is 9.27. The lowest BCUT2D eigenvalue weighted by atomic mass is 10.2. The van der Waals surface area contributed by atoms with Crippen molar-refractivity contribution in [1.29, 1.82) is 0 Å². The molecule has 2 heterocycles. The van der Waals surface area contributed by atoms with Gasteiger partial charge in [0.25, 0.3) is 0 Å². The van der Waals surface area contributed by atoms with Gasteiger partial charge in [-0.3, -0.25) is 9.36 Å². The van der Waals surface area contributed by atoms with Crippen LogP contribution in [0.1, 0.15) is 18.5 Å². The molecular weight excluding hydrogens is 389 g/mol. The van der Waals surface area contributed by atoms with E-state index in [2.05, 4.69) is 10.3 Å². The van der Waals surface area contributed by atoms with Crippen molar-refractivity contribution in [3.63, 3.8) is 0 Å². The van der Waals surface area contributed by atoms with Crippen LogP contribution in [-0.4, -0.2) is 15.5 Å². The number of para-hydroxylation sites is 2. The lowest BCUT2D eigenvalue weighted by Crippen LogP contribution is -2.34. The Bertz CT molecular complexity index is 1250. The van der Waals surface area contributed by atoms with Crippen molar-refractivity contribution < 1.29 is 18.3 Å². The molecule has 1 unspecified atom stereocenters. The quantitative estimate of drug-likeness (QED) is 0.525. The van der Waals surface area contributed by atoms with Crippen LogP contribution in [0.5, 0.6) is 11.6 Å². The van der Waals surface area contributed by atoms with Gasteiger partial charge in [-0.15, -0.1) is 0 Å². The zero-order chi connectivity index (χ0) is 21.1. The summed E-state index contributed by atoms with van der Waals surface area (Å²) in [6, 6.07) is 15.2. The fraction of sp³-hybridized carbons (Fsp3) is 0.136. The summed E-state index contributed by atoms with van der Waals surface area (Å²) in [7, 11) is 0. The van der Waals surface area contributed by atoms with E-state index >= 15 is 0 Å². The molecule has 152 valence electrons. The van der Waals surface area contributed by atoms with E-state index in [1.807, 2.05) is 0 Å². The summed E-state index contributed by atoms with van der Waals surface area (Å²) < 4.78 is 25.1. The number of amides is 1. The van der Waals surface area contributed by atoms with Gasteiger partial charge in [0.2, 0.25) is 11.8 Å². The number of oxazole rings is 1. The van der Waals surface area contributed by atoms with Gasteiger partial charge in [0.15, 0.2) is 5.58 Å². The molecule has 7 nitrogen and oxygen atoms in total. The largest absolute Gasteiger partial charge is 0.439 e. The van der Waals surface area contributed by atoms with Crippen molar-refractivity contribution in [3.8, 4) is 11.6 Å². The first-order valence-electron chi connectivity index (χ1n) is 9.27. The molecule has 4 aromatic rings. The van der Waals surface area contributed by atoms with Crippen LogP contribution >= 0.6 is 0 Å². The van der Waals surface area contributed by atoms with E-state index in [1.165, 1.54) is 28.8 Å². The Morgan fingerprint density at radius 3 is 2.77 bits per heavy atom. The first kappa shape index (κ1) is 19.4. The molecule has 1 N–H and O–H groups in total. The predicted octanol–water partition coefficient (Wildman–Crippen LogP) is 3.80. The molecule has 0 saturated carbocycles. The number of nitrogens with one attached hydrogen (secondary N) is 1. The van der Waals surface area contributed by atoms with E-state index in [0.29, 0.717) is 22.7 Å². The standard InChI is InChI=1S/C22H18FN3O4/c1-14(26-18-4-2-3-5-19(18)30-22(26)28)21(27)25-13-15-10-11-24-20(12-15)29-17-8-6-16(23)7-9-17/h2-12,14H,13H2,1H3,(H,25,27). The van der Waals surface area contributed by atoms with Gasteiger partial charge in [-0.2, -0.15) is 0 Å². The molecule has 0 spiro atoms. The van der Waals surface area contributed by atoms with E-state index in [9.17, 15) is 14.0 Å². The Labute approximate surface area is 170 Å². The van der Waals surface area contributed by atoms with E-state index in [-0.39, 0.29) is 18.3 Å². The van der Waals surface area contributed by atoms with Crippen LogP contribution in [0.25, 0.3) is 11.1 Å². The highest BCUT2D eigenvalue weighted by Crippen LogP contribution is 2.21. The second-order valence-corrected chi connectivity index (χ2v) is 6.66. The number of fused-ring (bicyclic) bond motifs is 1. The van der Waals surface area contributed by atoms with Gasteiger partial charge in [-0.05, 0) is 55.0 Å². The summed E-state index contributed by atoms with van der Waals surface area (Å²) in [5.74, 6) is -0.506. The minimum absolute atomic E-state index is 0.218. The Hall–Kier alpha value is -3.94. The number of carbonyl (C=O) groups is 1. The average Bonchev–Trinajstić information content (AvgIpc) is 3.09. The minimum Gasteiger partial charge on any atom is -0.439 e. The number of pyridine rings is 1. The molecule has 0 aliphatic heterocycles. The third-order valence-corrected chi connectivity index (χ3v) is 4.59. The van der Waals surface area contributed by atoms with Crippen molar-refractivity contribution in [1.82, 2.24) is 14.9 Å². The average molecular weight is 407 g/mol. The molecule has 8 heteroatoms. The second kappa shape index (κ2) is 8.20. The maximum absolute atomic E-state index is 13.0. The van der Waals surface area contributed by atoms with Gasteiger partial charge in [-0.25, -0.2) is 14.2 Å². The van der Waals surface area contributed by atoms with Crippen LogP contribution < -0.4 is 15.8 Å². The topological polar surface area (TPSA) is 86.4 Å². The van der Waals surface area contributed by atoms with Crippen molar-refractivity contribution in [2.75, 3.05) is 0 Å². The lowest BCUT2D eigenvalue weighted by Gasteiger charge is -2.13. The zero-order valence-electron chi connectivity index (χ0n) is 16.0. The molecule has 0 aliphatic carbocycles. The summed E-state index contributed by atoms with van der Waals surface area (Å²) in [5.41, 5.74) is 1.75. The van der Waals surface area contributed by atoms with Gasteiger partial charge >= 0.3 is 5.76 Å². The van der Waals surface area contributed by atoms with Gasteiger partial charge in [-0.1, -0.05) is 12.1 Å². The fourth-order valence-electron chi connectivity index (χ4n) is 3.04. The van der Waals surface area contributed by atoms with E-state index in [0.717, 1.165) is 5.56 Å². The number of carbonyl (C=O) groups excluding carboxylic acids is 1. The van der Waals surface area contributed by atoms with E-state index < -0.39 is 11.8 Å². The molecule has 30 heavy (non-hydrogen) atoms. The number of ether oxygens (including phenoxy) is 1. The molecule has 0 bridgehead atoms. The second-order valence-electron chi connectivity index (χ2n) is 6.66. The van der Waals surface area contributed by atoms with Crippen LogP contribution in [0.3, 0.4) is 0 Å². The van der Waals surface area contributed by atoms with Gasteiger partial charge in [0.1, 0.15) is 17.6 Å². The van der Waals surface area contributed by atoms with Crippen LogP contribution in [0, 0.1) is 5.82 Å². The van der Waals surface area contributed by atoms with Crippen LogP contribution in [0.2, 0.25) is 0 Å². The zero-order valence-corrected chi connectivity index (χ0v) is 16.0. The first-order chi connectivity index (χ1) is 14.5. The summed E-state index contributed by atoms with van der Waals surface area (Å²) in [4.78, 5) is 28.9. The smallest absolute Gasteiger partial charge is 0.420 e. The monoisotopic (exact) mass is 407 g/mol. The number of halogens is 1. The number of rotatable bonds is 6. The number of nitrogens with zero attached hydrogens (tertiary/aromatic N) is 2. The lowest BCUT2D eigenvalue weighted by molar-refractivity contribution is -0.124. The summed E-state index contributed by atoms with van der Waals surface area (Å²) in [6.45, 7) is 1.85. The van der Waals surface area contributed by atoms with Crippen molar-refractivity contribution in [2.24, 2.45) is 0 Å². The van der Waals surface area contributed by atoms with Gasteiger partial charge in [0, 0.05) is 18.8 Å². The van der Waals surface area contributed by atoms with Crippen LogP contribution in [0.4, 0.5) is 4.39 Å². The maximum Gasteiger partial charge on any atom is 0.420 e. The molecule has 0 aliphatic rings. The Balaban J connectivity index is 1.44. The van der Waals surface area contributed by atoms with Crippen molar-refractivity contribution in [3.05, 3.63) is 88.8 Å². The third kappa shape index (κ3) is 4.07. The van der Waals surface area contributed by atoms with Crippen LogP contribution in [-0.2, 0) is 11.3 Å². The highest BCUT2D eigenvalue weighted by Gasteiger charge is 2.21. The van der Waals surface area contributed by atoms with Gasteiger partial charge < -0.3 is 14.5 Å². The highest BCUT2D eigenvalue weighted by atomic mass is 19.1. The SMILES string of the molecule is CC(C(=O)NCc1ccnc(Oc2ccc(F)cc2)c1)n1c(=O)oc2ccccc21. The Kier molecular flexibility index (Phi) is 5.30. The highest BCUT2D eigenvalue weighted by molar-refractivity contribution is 5.82. The summed E-state index contributed by atoms with van der Waals surface area (Å²) >= 11 is 0.